The lowest BCUT2D eigenvalue weighted by molar-refractivity contribution is 0.307. The molecule has 0 saturated carbocycles. The van der Waals surface area contributed by atoms with Crippen LogP contribution in [-0.2, 0) is 6.61 Å². The molecule has 0 radical (unpaired) electrons. The minimum absolute atomic E-state index is 0.552. The molecule has 1 aromatic heterocycles. The molecule has 3 nitrogen and oxygen atoms in total. The number of ether oxygens (including phenoxy) is 1. The maximum absolute atomic E-state index is 5.84. The first-order valence-electron chi connectivity index (χ1n) is 6.75. The smallest absolute Gasteiger partial charge is 0.178 e. The normalized spacial score (nSPS) is 10.6. The number of hydrogen-bond donors (Lipinski definition) is 1. The minimum Gasteiger partial charge on any atom is -0.485 e. The highest BCUT2D eigenvalue weighted by atomic mass is 32.2. The summed E-state index contributed by atoms with van der Waals surface area (Å²) >= 11 is 1.66. The van der Waals surface area contributed by atoms with Crippen LogP contribution in [0.15, 0.2) is 48.7 Å². The molecule has 0 amide bonds. The summed E-state index contributed by atoms with van der Waals surface area (Å²) in [7, 11) is 0. The third-order valence-electron chi connectivity index (χ3n) is 2.59. The van der Waals surface area contributed by atoms with Crippen LogP contribution in [0.2, 0.25) is 0 Å². The fraction of sp³-hybridized carbons (Fsp3) is 0.312. The van der Waals surface area contributed by atoms with Crippen LogP contribution in [0.1, 0.15) is 19.4 Å². The van der Waals surface area contributed by atoms with Crippen LogP contribution in [0.5, 0.6) is 5.75 Å². The van der Waals surface area contributed by atoms with Gasteiger partial charge in [0, 0.05) is 11.9 Å². The first kappa shape index (κ1) is 14.7. The van der Waals surface area contributed by atoms with Crippen LogP contribution in [0.25, 0.3) is 0 Å². The molecule has 20 heavy (non-hydrogen) atoms. The highest BCUT2D eigenvalue weighted by Gasteiger charge is 2.05. The van der Waals surface area contributed by atoms with Crippen LogP contribution in [-0.4, -0.2) is 10.7 Å². The number of nitrogens with zero attached hydrogens (tertiary/aromatic N) is 1. The summed E-state index contributed by atoms with van der Waals surface area (Å²) in [6, 6.07) is 14.0. The predicted octanol–water partition coefficient (Wildman–Crippen LogP) is 4.38. The Morgan fingerprint density at radius 3 is 2.70 bits per heavy atom. The van der Waals surface area contributed by atoms with Gasteiger partial charge in [-0.25, -0.2) is 4.98 Å². The van der Waals surface area contributed by atoms with Gasteiger partial charge >= 0.3 is 0 Å². The molecular formula is C16H20N2OS. The van der Waals surface area contributed by atoms with Gasteiger partial charge in [0.15, 0.2) is 11.6 Å². The van der Waals surface area contributed by atoms with E-state index in [-0.39, 0.29) is 0 Å². The summed E-state index contributed by atoms with van der Waals surface area (Å²) in [5.41, 5.74) is 1.15. The molecule has 0 saturated heterocycles. The van der Waals surface area contributed by atoms with Crippen molar-refractivity contribution in [2.45, 2.75) is 20.5 Å². The number of pyridine rings is 1. The van der Waals surface area contributed by atoms with E-state index in [0.717, 1.165) is 22.9 Å². The van der Waals surface area contributed by atoms with Crippen molar-refractivity contribution in [1.82, 2.24) is 4.98 Å². The summed E-state index contributed by atoms with van der Waals surface area (Å²) in [5, 5.41) is 0. The number of benzene rings is 1. The van der Waals surface area contributed by atoms with E-state index in [9.17, 15) is 0 Å². The molecule has 106 valence electrons. The Kier molecular flexibility index (Phi) is 5.74. The maximum Gasteiger partial charge on any atom is 0.178 e. The molecule has 0 aliphatic carbocycles. The molecule has 0 fully saturated rings. The highest BCUT2D eigenvalue weighted by molar-refractivity contribution is 8.00. The first-order chi connectivity index (χ1) is 9.75. The van der Waals surface area contributed by atoms with Crippen molar-refractivity contribution >= 4 is 17.8 Å². The van der Waals surface area contributed by atoms with Crippen LogP contribution < -0.4 is 9.46 Å². The van der Waals surface area contributed by atoms with Gasteiger partial charge in [-0.1, -0.05) is 56.1 Å². The van der Waals surface area contributed by atoms with E-state index in [4.69, 9.17) is 4.74 Å². The van der Waals surface area contributed by atoms with Crippen molar-refractivity contribution in [2.24, 2.45) is 5.92 Å². The van der Waals surface area contributed by atoms with E-state index in [1.807, 2.05) is 30.3 Å². The van der Waals surface area contributed by atoms with Gasteiger partial charge in [-0.15, -0.1) is 0 Å². The molecule has 0 bridgehead atoms. The van der Waals surface area contributed by atoms with Crippen LogP contribution in [0.3, 0.4) is 0 Å². The lowest BCUT2D eigenvalue weighted by Crippen LogP contribution is -2.01. The Morgan fingerprint density at radius 2 is 1.95 bits per heavy atom. The average Bonchev–Trinajstić information content (AvgIpc) is 2.47. The number of nitrogens with one attached hydrogen (secondary N) is 1. The highest BCUT2D eigenvalue weighted by Crippen LogP contribution is 2.25. The van der Waals surface area contributed by atoms with Crippen molar-refractivity contribution in [3.63, 3.8) is 0 Å². The van der Waals surface area contributed by atoms with E-state index in [2.05, 4.69) is 35.7 Å². The molecular weight excluding hydrogens is 268 g/mol. The summed E-state index contributed by atoms with van der Waals surface area (Å²) in [6.45, 7) is 4.94. The number of anilines is 1. The van der Waals surface area contributed by atoms with Gasteiger partial charge < -0.3 is 9.46 Å². The number of aromatic nitrogens is 1. The molecule has 2 rings (SSSR count). The molecule has 0 aliphatic heterocycles. The second-order valence-corrected chi connectivity index (χ2v) is 5.76. The van der Waals surface area contributed by atoms with Gasteiger partial charge in [0.05, 0.1) is 0 Å². The van der Waals surface area contributed by atoms with Gasteiger partial charge in [-0.3, -0.25) is 0 Å². The second kappa shape index (κ2) is 7.80. The molecule has 1 heterocycles. The molecule has 0 unspecified atom stereocenters. The predicted molar refractivity (Wildman–Crippen MR) is 85.9 cm³/mol. The Bertz CT molecular complexity index is 517. The molecule has 1 N–H and O–H groups in total. The maximum atomic E-state index is 5.84. The third kappa shape index (κ3) is 4.78. The van der Waals surface area contributed by atoms with E-state index in [1.54, 1.807) is 18.1 Å². The summed E-state index contributed by atoms with van der Waals surface area (Å²) in [6.07, 6.45) is 1.77. The Morgan fingerprint density at radius 1 is 1.15 bits per heavy atom. The Labute approximate surface area is 124 Å². The van der Waals surface area contributed by atoms with E-state index >= 15 is 0 Å². The zero-order valence-corrected chi connectivity index (χ0v) is 12.7. The van der Waals surface area contributed by atoms with Crippen LogP contribution in [0.4, 0.5) is 5.82 Å². The molecule has 4 heteroatoms. The topological polar surface area (TPSA) is 34.2 Å². The van der Waals surface area contributed by atoms with Crippen molar-refractivity contribution in [2.75, 3.05) is 10.5 Å². The van der Waals surface area contributed by atoms with E-state index in [1.165, 1.54) is 0 Å². The molecule has 0 aliphatic rings. The zero-order chi connectivity index (χ0) is 14.2. The lowest BCUT2D eigenvalue weighted by atomic mass is 10.2. The number of rotatable bonds is 7. The summed E-state index contributed by atoms with van der Waals surface area (Å²) in [5.74, 6) is 3.25. The first-order valence-corrected chi connectivity index (χ1v) is 7.74. The van der Waals surface area contributed by atoms with Crippen molar-refractivity contribution < 1.29 is 4.74 Å². The van der Waals surface area contributed by atoms with Gasteiger partial charge in [0.25, 0.3) is 0 Å². The summed E-state index contributed by atoms with van der Waals surface area (Å²) < 4.78 is 9.10. The Balaban J connectivity index is 1.93. The minimum atomic E-state index is 0.552. The lowest BCUT2D eigenvalue weighted by Gasteiger charge is -2.12. The van der Waals surface area contributed by atoms with E-state index in [0.29, 0.717) is 12.5 Å². The van der Waals surface area contributed by atoms with Crippen LogP contribution >= 0.6 is 11.9 Å². The summed E-state index contributed by atoms with van der Waals surface area (Å²) in [4.78, 5) is 4.33. The standard InChI is InChI=1S/C16H20N2OS/c1-13(2)12-20-18-16-15(9-6-10-17-16)19-11-14-7-4-3-5-8-14/h3-10,13H,11-12H2,1-2H3,(H,17,18). The van der Waals surface area contributed by atoms with Crippen LogP contribution in [0, 0.1) is 5.92 Å². The molecule has 1 aromatic carbocycles. The van der Waals surface area contributed by atoms with Gasteiger partial charge in [0.2, 0.25) is 0 Å². The quantitative estimate of drug-likeness (QED) is 0.767. The fourth-order valence-corrected chi connectivity index (χ4v) is 2.30. The SMILES string of the molecule is CC(C)CSNc1ncccc1OCc1ccccc1. The van der Waals surface area contributed by atoms with Crippen molar-refractivity contribution in [3.05, 3.63) is 54.2 Å². The molecule has 0 atom stereocenters. The van der Waals surface area contributed by atoms with E-state index < -0.39 is 0 Å². The fourth-order valence-electron chi connectivity index (χ4n) is 1.60. The van der Waals surface area contributed by atoms with Crippen molar-refractivity contribution in [3.8, 4) is 5.75 Å². The third-order valence-corrected chi connectivity index (χ3v) is 3.76. The monoisotopic (exact) mass is 288 g/mol. The molecule has 2 aromatic rings. The average molecular weight is 288 g/mol. The number of hydrogen-bond acceptors (Lipinski definition) is 4. The largest absolute Gasteiger partial charge is 0.485 e. The van der Waals surface area contributed by atoms with Crippen molar-refractivity contribution in [1.29, 1.82) is 0 Å². The second-order valence-electron chi connectivity index (χ2n) is 4.93. The molecule has 0 spiro atoms. The van der Waals surface area contributed by atoms with Gasteiger partial charge in [-0.05, 0) is 23.6 Å². The Hall–Kier alpha value is -1.68. The van der Waals surface area contributed by atoms with Gasteiger partial charge in [0.1, 0.15) is 6.61 Å². The van der Waals surface area contributed by atoms with Gasteiger partial charge in [-0.2, -0.15) is 0 Å². The zero-order valence-electron chi connectivity index (χ0n) is 11.9.